The van der Waals surface area contributed by atoms with E-state index in [4.69, 9.17) is 20.5 Å². The molecule has 78 valence electrons. The molecule has 1 atom stereocenters. The quantitative estimate of drug-likeness (QED) is 0.785. The third-order valence-corrected chi connectivity index (χ3v) is 2.23. The third-order valence-electron chi connectivity index (χ3n) is 2.23. The van der Waals surface area contributed by atoms with Crippen molar-refractivity contribution in [3.63, 3.8) is 0 Å². The Morgan fingerprint density at radius 1 is 1.73 bits per heavy atom. The SMILES string of the molecule is N#Cc1cnc(N)cc1OC[C@@H]1CCO1. The molecular formula is C10H11N3O2. The molecule has 2 rings (SSSR count). The van der Waals surface area contributed by atoms with Gasteiger partial charge in [0.2, 0.25) is 0 Å². The van der Waals surface area contributed by atoms with Gasteiger partial charge in [-0.25, -0.2) is 4.98 Å². The van der Waals surface area contributed by atoms with E-state index in [1.807, 2.05) is 6.07 Å². The summed E-state index contributed by atoms with van der Waals surface area (Å²) in [5.41, 5.74) is 5.90. The number of hydrogen-bond donors (Lipinski definition) is 1. The summed E-state index contributed by atoms with van der Waals surface area (Å²) < 4.78 is 10.6. The number of anilines is 1. The molecule has 2 N–H and O–H groups in total. The Balaban J connectivity index is 2.05. The van der Waals surface area contributed by atoms with Crippen molar-refractivity contribution in [3.05, 3.63) is 17.8 Å². The van der Waals surface area contributed by atoms with Crippen LogP contribution < -0.4 is 10.5 Å². The fourth-order valence-corrected chi connectivity index (χ4v) is 1.25. The lowest BCUT2D eigenvalue weighted by Gasteiger charge is -2.26. The van der Waals surface area contributed by atoms with Crippen molar-refractivity contribution in [2.24, 2.45) is 0 Å². The predicted molar refractivity (Wildman–Crippen MR) is 53.2 cm³/mol. The number of nitrogens with zero attached hydrogens (tertiary/aromatic N) is 2. The van der Waals surface area contributed by atoms with E-state index < -0.39 is 0 Å². The molecule has 0 amide bonds. The average molecular weight is 205 g/mol. The number of pyridine rings is 1. The minimum absolute atomic E-state index is 0.144. The molecule has 1 aliphatic rings. The van der Waals surface area contributed by atoms with Crippen molar-refractivity contribution in [2.75, 3.05) is 18.9 Å². The second kappa shape index (κ2) is 4.15. The van der Waals surface area contributed by atoms with E-state index in [0.29, 0.717) is 23.7 Å². The Labute approximate surface area is 87.4 Å². The van der Waals surface area contributed by atoms with Crippen molar-refractivity contribution in [1.29, 1.82) is 5.26 Å². The summed E-state index contributed by atoms with van der Waals surface area (Å²) in [6.07, 6.45) is 2.56. The highest BCUT2D eigenvalue weighted by Gasteiger charge is 2.19. The van der Waals surface area contributed by atoms with Gasteiger partial charge in [-0.2, -0.15) is 5.26 Å². The lowest BCUT2D eigenvalue weighted by molar-refractivity contribution is -0.0721. The molecule has 1 aromatic rings. The Morgan fingerprint density at radius 3 is 3.13 bits per heavy atom. The maximum Gasteiger partial charge on any atom is 0.142 e. The Morgan fingerprint density at radius 2 is 2.53 bits per heavy atom. The van der Waals surface area contributed by atoms with Gasteiger partial charge in [-0.3, -0.25) is 0 Å². The maximum atomic E-state index is 8.80. The number of ether oxygens (including phenoxy) is 2. The minimum atomic E-state index is 0.144. The molecule has 5 heteroatoms. The van der Waals surface area contributed by atoms with E-state index in [2.05, 4.69) is 4.98 Å². The molecule has 0 unspecified atom stereocenters. The van der Waals surface area contributed by atoms with Crippen LogP contribution in [0, 0.1) is 11.3 Å². The van der Waals surface area contributed by atoms with Crippen LogP contribution in [0.1, 0.15) is 12.0 Å². The molecule has 1 aliphatic heterocycles. The van der Waals surface area contributed by atoms with Crippen LogP contribution in [0.4, 0.5) is 5.82 Å². The first-order valence-corrected chi connectivity index (χ1v) is 4.69. The Bertz CT molecular complexity index is 396. The first-order valence-electron chi connectivity index (χ1n) is 4.69. The average Bonchev–Trinajstić information content (AvgIpc) is 2.16. The fraction of sp³-hybridized carbons (Fsp3) is 0.400. The third kappa shape index (κ3) is 2.17. The van der Waals surface area contributed by atoms with Gasteiger partial charge in [-0.15, -0.1) is 0 Å². The van der Waals surface area contributed by atoms with Gasteiger partial charge in [-0.1, -0.05) is 0 Å². The summed E-state index contributed by atoms with van der Waals surface area (Å²) in [7, 11) is 0. The number of aromatic nitrogens is 1. The van der Waals surface area contributed by atoms with Crippen LogP contribution in [0.2, 0.25) is 0 Å². The Kier molecular flexibility index (Phi) is 2.70. The minimum Gasteiger partial charge on any atom is -0.489 e. The molecule has 0 saturated carbocycles. The van der Waals surface area contributed by atoms with E-state index in [1.54, 1.807) is 6.07 Å². The van der Waals surface area contributed by atoms with E-state index in [0.717, 1.165) is 13.0 Å². The lowest BCUT2D eigenvalue weighted by Crippen LogP contribution is -2.32. The molecule has 1 fully saturated rings. The van der Waals surface area contributed by atoms with Crippen LogP contribution in [0.3, 0.4) is 0 Å². The van der Waals surface area contributed by atoms with Crippen LogP contribution in [0.25, 0.3) is 0 Å². The number of rotatable bonds is 3. The number of nitrogen functional groups attached to an aromatic ring is 1. The van der Waals surface area contributed by atoms with Crippen LogP contribution >= 0.6 is 0 Å². The topological polar surface area (TPSA) is 81.2 Å². The van der Waals surface area contributed by atoms with E-state index in [-0.39, 0.29) is 6.10 Å². The monoisotopic (exact) mass is 205 g/mol. The largest absolute Gasteiger partial charge is 0.489 e. The molecule has 0 radical (unpaired) electrons. The van der Waals surface area contributed by atoms with Gasteiger partial charge in [0.05, 0.1) is 12.3 Å². The highest BCUT2D eigenvalue weighted by Crippen LogP contribution is 2.20. The molecular weight excluding hydrogens is 194 g/mol. The van der Waals surface area contributed by atoms with Crippen LogP contribution in [-0.2, 0) is 4.74 Å². The van der Waals surface area contributed by atoms with Crippen molar-refractivity contribution < 1.29 is 9.47 Å². The zero-order valence-corrected chi connectivity index (χ0v) is 8.14. The van der Waals surface area contributed by atoms with E-state index in [1.165, 1.54) is 6.20 Å². The summed E-state index contributed by atoms with van der Waals surface area (Å²) >= 11 is 0. The smallest absolute Gasteiger partial charge is 0.142 e. The second-order valence-corrected chi connectivity index (χ2v) is 3.31. The standard InChI is InChI=1S/C10H11N3O2/c11-4-7-5-13-10(12)3-9(7)15-6-8-1-2-14-8/h3,5,8H,1-2,6H2,(H2,12,13)/t8-/m0/s1. The van der Waals surface area contributed by atoms with Gasteiger partial charge in [-0.05, 0) is 0 Å². The summed E-state index contributed by atoms with van der Waals surface area (Å²) in [5.74, 6) is 0.819. The molecule has 1 saturated heterocycles. The summed E-state index contributed by atoms with van der Waals surface area (Å²) in [5, 5.41) is 8.80. The van der Waals surface area contributed by atoms with Crippen molar-refractivity contribution in [1.82, 2.24) is 4.98 Å². The van der Waals surface area contributed by atoms with Crippen LogP contribution in [-0.4, -0.2) is 24.3 Å². The maximum absolute atomic E-state index is 8.80. The molecule has 15 heavy (non-hydrogen) atoms. The van der Waals surface area contributed by atoms with E-state index >= 15 is 0 Å². The number of hydrogen-bond acceptors (Lipinski definition) is 5. The van der Waals surface area contributed by atoms with Gasteiger partial charge in [0.15, 0.2) is 0 Å². The van der Waals surface area contributed by atoms with Crippen LogP contribution in [0.15, 0.2) is 12.3 Å². The highest BCUT2D eigenvalue weighted by molar-refractivity contribution is 5.47. The molecule has 0 spiro atoms. The van der Waals surface area contributed by atoms with Crippen molar-refractivity contribution >= 4 is 5.82 Å². The lowest BCUT2D eigenvalue weighted by atomic mass is 10.2. The molecule has 0 aromatic carbocycles. The zero-order valence-electron chi connectivity index (χ0n) is 8.14. The first kappa shape index (κ1) is 9.74. The van der Waals surface area contributed by atoms with Crippen LogP contribution in [0.5, 0.6) is 5.75 Å². The van der Waals surface area contributed by atoms with Gasteiger partial charge in [0.25, 0.3) is 0 Å². The zero-order chi connectivity index (χ0) is 10.7. The first-order chi connectivity index (χ1) is 7.29. The molecule has 2 heterocycles. The number of nitrogens with two attached hydrogens (primary N) is 1. The normalized spacial score (nSPS) is 19.0. The summed E-state index contributed by atoms with van der Waals surface area (Å²) in [6.45, 7) is 1.25. The Hall–Kier alpha value is -1.80. The van der Waals surface area contributed by atoms with E-state index in [9.17, 15) is 0 Å². The molecule has 0 aliphatic carbocycles. The highest BCUT2D eigenvalue weighted by atomic mass is 16.5. The van der Waals surface area contributed by atoms with Crippen molar-refractivity contribution in [2.45, 2.75) is 12.5 Å². The second-order valence-electron chi connectivity index (χ2n) is 3.31. The predicted octanol–water partition coefficient (Wildman–Crippen LogP) is 0.703. The summed E-state index contributed by atoms with van der Waals surface area (Å²) in [6, 6.07) is 3.55. The molecule has 1 aromatic heterocycles. The van der Waals surface area contributed by atoms with Gasteiger partial charge in [0.1, 0.15) is 29.8 Å². The van der Waals surface area contributed by atoms with Gasteiger partial charge < -0.3 is 15.2 Å². The van der Waals surface area contributed by atoms with Gasteiger partial charge >= 0.3 is 0 Å². The molecule has 5 nitrogen and oxygen atoms in total. The fourth-order valence-electron chi connectivity index (χ4n) is 1.25. The summed E-state index contributed by atoms with van der Waals surface area (Å²) in [4.78, 5) is 3.82. The molecule has 0 bridgehead atoms. The van der Waals surface area contributed by atoms with Gasteiger partial charge in [0, 0.05) is 19.1 Å². The van der Waals surface area contributed by atoms with Crippen molar-refractivity contribution in [3.8, 4) is 11.8 Å². The number of nitriles is 1.